The lowest BCUT2D eigenvalue weighted by Gasteiger charge is -2.05. The first-order chi connectivity index (χ1) is 8.85. The van der Waals surface area contributed by atoms with Crippen LogP contribution < -0.4 is 10.5 Å². The Morgan fingerprint density at radius 2 is 2.06 bits per heavy atom. The molecule has 0 radical (unpaired) electrons. The third kappa shape index (κ3) is 2.90. The van der Waals surface area contributed by atoms with Gasteiger partial charge in [0.15, 0.2) is 5.76 Å². The van der Waals surface area contributed by atoms with Crippen molar-refractivity contribution in [2.45, 2.75) is 19.8 Å². The highest BCUT2D eigenvalue weighted by Gasteiger charge is 2.09. The lowest BCUT2D eigenvalue weighted by atomic mass is 10.1. The van der Waals surface area contributed by atoms with Crippen LogP contribution in [-0.4, -0.2) is 18.3 Å². The van der Waals surface area contributed by atoms with E-state index in [4.69, 9.17) is 15.0 Å². The number of aromatic nitrogens is 1. The van der Waals surface area contributed by atoms with Crippen molar-refractivity contribution >= 4 is 0 Å². The maximum absolute atomic E-state index is 5.56. The topological polar surface area (TPSA) is 61.3 Å². The summed E-state index contributed by atoms with van der Waals surface area (Å²) in [4.78, 5) is 0. The van der Waals surface area contributed by atoms with Crippen LogP contribution in [-0.2, 0) is 6.42 Å². The van der Waals surface area contributed by atoms with Crippen LogP contribution in [0.1, 0.15) is 18.9 Å². The second-order valence-corrected chi connectivity index (χ2v) is 4.09. The lowest BCUT2D eigenvalue weighted by molar-refractivity contribution is 0.317. The molecule has 0 bridgehead atoms. The molecule has 1 aromatic heterocycles. The number of nitrogens with two attached hydrogens (primary N) is 1. The first kappa shape index (κ1) is 12.6. The van der Waals surface area contributed by atoms with E-state index < -0.39 is 0 Å². The van der Waals surface area contributed by atoms with Gasteiger partial charge in [0.05, 0.1) is 12.8 Å². The second kappa shape index (κ2) is 6.21. The molecule has 0 aliphatic carbocycles. The molecule has 2 N–H and O–H groups in total. The van der Waals surface area contributed by atoms with Crippen molar-refractivity contribution in [3.63, 3.8) is 0 Å². The van der Waals surface area contributed by atoms with E-state index in [-0.39, 0.29) is 0 Å². The summed E-state index contributed by atoms with van der Waals surface area (Å²) in [6.45, 7) is 3.41. The molecule has 0 amide bonds. The zero-order chi connectivity index (χ0) is 12.8. The normalized spacial score (nSPS) is 10.6. The average molecular weight is 246 g/mol. The Hall–Kier alpha value is -1.81. The van der Waals surface area contributed by atoms with Crippen LogP contribution in [0.5, 0.6) is 5.75 Å². The lowest BCUT2D eigenvalue weighted by Crippen LogP contribution is -2.02. The molecule has 1 heterocycles. The summed E-state index contributed by atoms with van der Waals surface area (Å²) in [5.41, 5.74) is 7.60. The predicted molar refractivity (Wildman–Crippen MR) is 70.5 cm³/mol. The number of rotatable bonds is 6. The molecule has 0 aliphatic rings. The monoisotopic (exact) mass is 246 g/mol. The largest absolute Gasteiger partial charge is 0.494 e. The Kier molecular flexibility index (Phi) is 4.36. The fourth-order valence-electron chi connectivity index (χ4n) is 1.75. The van der Waals surface area contributed by atoms with E-state index in [9.17, 15) is 0 Å². The van der Waals surface area contributed by atoms with E-state index in [2.05, 4.69) is 12.1 Å². The molecule has 0 spiro atoms. The van der Waals surface area contributed by atoms with Crippen molar-refractivity contribution < 1.29 is 9.26 Å². The number of nitrogens with zero attached hydrogens (tertiary/aromatic N) is 1. The average Bonchev–Trinajstić information content (AvgIpc) is 2.86. The van der Waals surface area contributed by atoms with E-state index in [1.165, 1.54) is 0 Å². The highest BCUT2D eigenvalue weighted by molar-refractivity contribution is 5.61. The van der Waals surface area contributed by atoms with Gasteiger partial charge in [0, 0.05) is 11.1 Å². The van der Waals surface area contributed by atoms with Gasteiger partial charge in [-0.05, 0) is 43.7 Å². The fraction of sp³-hybridized carbons (Fsp3) is 0.357. The number of hydrogen-bond donors (Lipinski definition) is 1. The van der Waals surface area contributed by atoms with Crippen molar-refractivity contribution in [2.24, 2.45) is 5.73 Å². The Bertz CT molecular complexity index is 477. The summed E-state index contributed by atoms with van der Waals surface area (Å²) in [6, 6.07) is 7.84. The molecule has 0 saturated heterocycles. The minimum absolute atomic E-state index is 0.589. The van der Waals surface area contributed by atoms with Gasteiger partial charge in [0.2, 0.25) is 0 Å². The van der Waals surface area contributed by atoms with Gasteiger partial charge in [0.25, 0.3) is 0 Å². The minimum atomic E-state index is 0.589. The van der Waals surface area contributed by atoms with E-state index in [1.54, 1.807) is 6.20 Å². The van der Waals surface area contributed by atoms with Crippen LogP contribution in [0.2, 0.25) is 0 Å². The molecule has 0 atom stereocenters. The first-order valence-corrected chi connectivity index (χ1v) is 6.22. The van der Waals surface area contributed by atoms with Gasteiger partial charge in [-0.15, -0.1) is 0 Å². The van der Waals surface area contributed by atoms with Gasteiger partial charge < -0.3 is 15.0 Å². The van der Waals surface area contributed by atoms with Crippen LogP contribution in [0.25, 0.3) is 11.3 Å². The van der Waals surface area contributed by atoms with E-state index in [0.717, 1.165) is 42.1 Å². The molecule has 96 valence electrons. The van der Waals surface area contributed by atoms with Crippen LogP contribution in [0, 0.1) is 0 Å². The second-order valence-electron chi connectivity index (χ2n) is 4.09. The Morgan fingerprint density at radius 3 is 2.72 bits per heavy atom. The fourth-order valence-corrected chi connectivity index (χ4v) is 1.75. The minimum Gasteiger partial charge on any atom is -0.494 e. The smallest absolute Gasteiger partial charge is 0.170 e. The maximum atomic E-state index is 5.56. The zero-order valence-corrected chi connectivity index (χ0v) is 10.6. The van der Waals surface area contributed by atoms with Crippen molar-refractivity contribution in [3.8, 4) is 17.1 Å². The Labute approximate surface area is 107 Å². The summed E-state index contributed by atoms with van der Waals surface area (Å²) in [5, 5.41) is 3.83. The van der Waals surface area contributed by atoms with Crippen LogP contribution in [0.4, 0.5) is 0 Å². The SMILES string of the molecule is CCCOc1ccc(-c2oncc2CCN)cc1. The molecule has 0 unspecified atom stereocenters. The quantitative estimate of drug-likeness (QED) is 0.851. The molecule has 4 nitrogen and oxygen atoms in total. The molecular weight excluding hydrogens is 228 g/mol. The van der Waals surface area contributed by atoms with Gasteiger partial charge in [0.1, 0.15) is 5.75 Å². The molecule has 2 rings (SSSR count). The van der Waals surface area contributed by atoms with Gasteiger partial charge >= 0.3 is 0 Å². The van der Waals surface area contributed by atoms with Crippen LogP contribution in [0.3, 0.4) is 0 Å². The van der Waals surface area contributed by atoms with Gasteiger partial charge in [-0.3, -0.25) is 0 Å². The highest BCUT2D eigenvalue weighted by atomic mass is 16.5. The number of ether oxygens (including phenoxy) is 1. The summed E-state index contributed by atoms with van der Waals surface area (Å²) in [7, 11) is 0. The molecule has 4 heteroatoms. The van der Waals surface area contributed by atoms with E-state index in [1.807, 2.05) is 24.3 Å². The molecular formula is C14H18N2O2. The summed E-state index contributed by atoms with van der Waals surface area (Å²) in [6.07, 6.45) is 3.50. The number of hydrogen-bond acceptors (Lipinski definition) is 4. The summed E-state index contributed by atoms with van der Waals surface area (Å²) < 4.78 is 10.8. The van der Waals surface area contributed by atoms with E-state index >= 15 is 0 Å². The Morgan fingerprint density at radius 1 is 1.28 bits per heavy atom. The van der Waals surface area contributed by atoms with Crippen molar-refractivity contribution in [3.05, 3.63) is 36.0 Å². The molecule has 18 heavy (non-hydrogen) atoms. The van der Waals surface area contributed by atoms with Gasteiger partial charge in [-0.2, -0.15) is 0 Å². The van der Waals surface area contributed by atoms with Crippen LogP contribution >= 0.6 is 0 Å². The molecule has 1 aromatic carbocycles. The van der Waals surface area contributed by atoms with Crippen molar-refractivity contribution in [1.29, 1.82) is 0 Å². The number of benzene rings is 1. The van der Waals surface area contributed by atoms with E-state index in [0.29, 0.717) is 6.54 Å². The standard InChI is InChI=1S/C14H18N2O2/c1-2-9-17-13-5-3-11(4-6-13)14-12(7-8-15)10-16-18-14/h3-6,10H,2,7-9,15H2,1H3. The third-order valence-corrected chi connectivity index (χ3v) is 2.65. The third-order valence-electron chi connectivity index (χ3n) is 2.65. The van der Waals surface area contributed by atoms with Crippen LogP contribution in [0.15, 0.2) is 35.0 Å². The Balaban J connectivity index is 2.15. The van der Waals surface area contributed by atoms with Gasteiger partial charge in [-0.1, -0.05) is 12.1 Å². The van der Waals surface area contributed by atoms with Crippen molar-refractivity contribution in [2.75, 3.05) is 13.2 Å². The zero-order valence-electron chi connectivity index (χ0n) is 10.6. The summed E-state index contributed by atoms with van der Waals surface area (Å²) >= 11 is 0. The molecule has 0 aliphatic heterocycles. The maximum Gasteiger partial charge on any atom is 0.170 e. The van der Waals surface area contributed by atoms with Crippen molar-refractivity contribution in [1.82, 2.24) is 5.16 Å². The molecule has 2 aromatic rings. The highest BCUT2D eigenvalue weighted by Crippen LogP contribution is 2.25. The first-order valence-electron chi connectivity index (χ1n) is 6.22. The molecule has 0 fully saturated rings. The predicted octanol–water partition coefficient (Wildman–Crippen LogP) is 2.63. The summed E-state index contributed by atoms with van der Waals surface area (Å²) in [5.74, 6) is 1.67. The molecule has 0 saturated carbocycles. The van der Waals surface area contributed by atoms with Gasteiger partial charge in [-0.25, -0.2) is 0 Å².